The van der Waals surface area contributed by atoms with Crippen molar-refractivity contribution in [3.05, 3.63) is 35.2 Å². The quantitative estimate of drug-likeness (QED) is 0.924. The van der Waals surface area contributed by atoms with Gasteiger partial charge in [-0.2, -0.15) is 0 Å². The Bertz CT molecular complexity index is 752. The topological polar surface area (TPSA) is 45.2 Å². The lowest BCUT2D eigenvalue weighted by Crippen LogP contribution is -2.43. The summed E-state index contributed by atoms with van der Waals surface area (Å²) in [6.07, 6.45) is 2.65. The SMILES string of the molecule is CC(C)c1ccc(-c2csc(N3CCC4(CCC(=O)N4)C3)n2)cc1. The second-order valence-corrected chi connectivity index (χ2v) is 8.13. The molecule has 2 saturated heterocycles. The van der Waals surface area contributed by atoms with E-state index in [2.05, 4.69) is 53.7 Å². The van der Waals surface area contributed by atoms with Gasteiger partial charge in [-0.15, -0.1) is 11.3 Å². The van der Waals surface area contributed by atoms with Crippen molar-refractivity contribution in [3.63, 3.8) is 0 Å². The highest BCUT2D eigenvalue weighted by Crippen LogP contribution is 2.36. The maximum Gasteiger partial charge on any atom is 0.220 e. The average molecular weight is 341 g/mol. The van der Waals surface area contributed by atoms with Gasteiger partial charge in [0.25, 0.3) is 0 Å². The van der Waals surface area contributed by atoms with Crippen molar-refractivity contribution in [1.82, 2.24) is 10.3 Å². The Kier molecular flexibility index (Phi) is 3.83. The zero-order valence-corrected chi connectivity index (χ0v) is 15.0. The molecule has 0 bridgehead atoms. The van der Waals surface area contributed by atoms with Gasteiger partial charge in [-0.05, 0) is 24.3 Å². The first-order valence-electron chi connectivity index (χ1n) is 8.66. The Hall–Kier alpha value is -1.88. The van der Waals surface area contributed by atoms with E-state index in [9.17, 15) is 4.79 Å². The minimum absolute atomic E-state index is 0.0121. The molecule has 2 aliphatic rings. The summed E-state index contributed by atoms with van der Waals surface area (Å²) in [5.41, 5.74) is 3.56. The number of aromatic nitrogens is 1. The normalized spacial score (nSPS) is 23.5. The minimum Gasteiger partial charge on any atom is -0.349 e. The van der Waals surface area contributed by atoms with Crippen LogP contribution in [0, 0.1) is 0 Å². The molecule has 126 valence electrons. The Labute approximate surface area is 146 Å². The van der Waals surface area contributed by atoms with Gasteiger partial charge >= 0.3 is 0 Å². The molecule has 3 heterocycles. The zero-order chi connectivity index (χ0) is 16.7. The molecule has 2 fully saturated rings. The molecule has 1 N–H and O–H groups in total. The van der Waals surface area contributed by atoms with E-state index in [-0.39, 0.29) is 11.4 Å². The molecule has 2 aliphatic heterocycles. The van der Waals surface area contributed by atoms with Crippen LogP contribution in [0.15, 0.2) is 29.6 Å². The van der Waals surface area contributed by atoms with E-state index in [4.69, 9.17) is 4.98 Å². The van der Waals surface area contributed by atoms with Crippen LogP contribution in [-0.2, 0) is 4.79 Å². The largest absolute Gasteiger partial charge is 0.349 e. The first-order valence-corrected chi connectivity index (χ1v) is 9.54. The van der Waals surface area contributed by atoms with Crippen LogP contribution in [-0.4, -0.2) is 29.5 Å². The molecular formula is C19H23N3OS. The second kappa shape index (κ2) is 5.88. The third-order valence-electron chi connectivity index (χ3n) is 5.22. The van der Waals surface area contributed by atoms with E-state index < -0.39 is 0 Å². The van der Waals surface area contributed by atoms with Gasteiger partial charge in [0.2, 0.25) is 5.91 Å². The van der Waals surface area contributed by atoms with Crippen LogP contribution >= 0.6 is 11.3 Å². The van der Waals surface area contributed by atoms with Crippen LogP contribution in [0.1, 0.15) is 44.6 Å². The predicted octanol–water partition coefficient (Wildman–Crippen LogP) is 3.79. The van der Waals surface area contributed by atoms with Crippen LogP contribution in [0.3, 0.4) is 0 Å². The lowest BCUT2D eigenvalue weighted by atomic mass is 9.97. The van der Waals surface area contributed by atoms with Gasteiger partial charge in [0.1, 0.15) is 0 Å². The van der Waals surface area contributed by atoms with Crippen LogP contribution in [0.2, 0.25) is 0 Å². The van der Waals surface area contributed by atoms with Crippen molar-refractivity contribution in [1.29, 1.82) is 0 Å². The number of hydrogen-bond acceptors (Lipinski definition) is 4. The minimum atomic E-state index is -0.0121. The Balaban J connectivity index is 1.50. The van der Waals surface area contributed by atoms with Crippen LogP contribution in [0.5, 0.6) is 0 Å². The maximum atomic E-state index is 11.6. The number of rotatable bonds is 3. The van der Waals surface area contributed by atoms with Crippen molar-refractivity contribution in [2.24, 2.45) is 0 Å². The molecule has 5 heteroatoms. The maximum absolute atomic E-state index is 11.6. The van der Waals surface area contributed by atoms with E-state index in [1.165, 1.54) is 11.1 Å². The van der Waals surface area contributed by atoms with E-state index in [1.807, 2.05) is 0 Å². The monoisotopic (exact) mass is 341 g/mol. The number of amides is 1. The molecule has 0 aliphatic carbocycles. The molecule has 1 spiro atoms. The molecule has 4 nitrogen and oxygen atoms in total. The molecule has 0 radical (unpaired) electrons. The van der Waals surface area contributed by atoms with E-state index in [0.29, 0.717) is 12.3 Å². The molecule has 1 aromatic carbocycles. The van der Waals surface area contributed by atoms with Gasteiger partial charge in [-0.25, -0.2) is 4.98 Å². The molecule has 0 saturated carbocycles. The third-order valence-corrected chi connectivity index (χ3v) is 6.13. The number of thiazole rings is 1. The highest BCUT2D eigenvalue weighted by molar-refractivity contribution is 7.14. The summed E-state index contributed by atoms with van der Waals surface area (Å²) in [5, 5.41) is 6.38. The fourth-order valence-electron chi connectivity index (χ4n) is 3.70. The lowest BCUT2D eigenvalue weighted by molar-refractivity contribution is -0.119. The number of benzene rings is 1. The first kappa shape index (κ1) is 15.6. The van der Waals surface area contributed by atoms with Crippen molar-refractivity contribution in [3.8, 4) is 11.3 Å². The number of nitrogens with one attached hydrogen (secondary N) is 1. The fraction of sp³-hybridized carbons (Fsp3) is 0.474. The van der Waals surface area contributed by atoms with Gasteiger partial charge in [0.05, 0.1) is 11.2 Å². The van der Waals surface area contributed by atoms with Crippen molar-refractivity contribution >= 4 is 22.4 Å². The molecule has 1 amide bonds. The molecule has 24 heavy (non-hydrogen) atoms. The van der Waals surface area contributed by atoms with Crippen molar-refractivity contribution in [2.45, 2.75) is 44.6 Å². The van der Waals surface area contributed by atoms with E-state index in [0.717, 1.165) is 36.8 Å². The smallest absolute Gasteiger partial charge is 0.220 e. The summed E-state index contributed by atoms with van der Waals surface area (Å²) in [6, 6.07) is 8.71. The predicted molar refractivity (Wildman–Crippen MR) is 98.6 cm³/mol. The number of anilines is 1. The number of carbonyl (C=O) groups excluding carboxylic acids is 1. The molecule has 1 unspecified atom stereocenters. The van der Waals surface area contributed by atoms with E-state index >= 15 is 0 Å². The summed E-state index contributed by atoms with van der Waals surface area (Å²) in [5.74, 6) is 0.745. The molecule has 1 aromatic heterocycles. The number of hydrogen-bond donors (Lipinski definition) is 1. The van der Waals surface area contributed by atoms with Gasteiger partial charge in [-0.1, -0.05) is 38.1 Å². The number of carbonyl (C=O) groups is 1. The van der Waals surface area contributed by atoms with Gasteiger partial charge in [-0.3, -0.25) is 4.79 Å². The summed E-state index contributed by atoms with van der Waals surface area (Å²) >= 11 is 1.70. The highest BCUT2D eigenvalue weighted by atomic mass is 32.1. The lowest BCUT2D eigenvalue weighted by Gasteiger charge is -2.23. The fourth-order valence-corrected chi connectivity index (χ4v) is 4.56. The molecule has 1 atom stereocenters. The standard InChI is InChI=1S/C19H23N3OS/c1-13(2)14-3-5-15(6-4-14)16-11-24-18(20-16)22-10-9-19(12-22)8-7-17(23)21-19/h3-6,11,13H,7-10,12H2,1-2H3,(H,21,23). The Morgan fingerprint density at radius 3 is 2.71 bits per heavy atom. The van der Waals surface area contributed by atoms with Crippen molar-refractivity contribution < 1.29 is 4.79 Å². The van der Waals surface area contributed by atoms with Crippen LogP contribution in [0.25, 0.3) is 11.3 Å². The zero-order valence-electron chi connectivity index (χ0n) is 14.2. The Morgan fingerprint density at radius 2 is 2.04 bits per heavy atom. The third kappa shape index (κ3) is 2.81. The second-order valence-electron chi connectivity index (χ2n) is 7.29. The van der Waals surface area contributed by atoms with Crippen LogP contribution in [0.4, 0.5) is 5.13 Å². The van der Waals surface area contributed by atoms with Gasteiger partial charge in [0.15, 0.2) is 5.13 Å². The molecule has 2 aromatic rings. The average Bonchev–Trinajstić information content (AvgIpc) is 3.28. The van der Waals surface area contributed by atoms with Gasteiger partial charge in [0, 0.05) is 30.5 Å². The van der Waals surface area contributed by atoms with Crippen LogP contribution < -0.4 is 10.2 Å². The summed E-state index contributed by atoms with van der Waals surface area (Å²) in [7, 11) is 0. The summed E-state index contributed by atoms with van der Waals surface area (Å²) in [4.78, 5) is 18.7. The summed E-state index contributed by atoms with van der Waals surface area (Å²) in [6.45, 7) is 6.28. The van der Waals surface area contributed by atoms with Crippen molar-refractivity contribution in [2.75, 3.05) is 18.0 Å². The number of nitrogens with zero attached hydrogens (tertiary/aromatic N) is 2. The molecular weight excluding hydrogens is 318 g/mol. The van der Waals surface area contributed by atoms with Gasteiger partial charge < -0.3 is 10.2 Å². The summed E-state index contributed by atoms with van der Waals surface area (Å²) < 4.78 is 0. The molecule has 4 rings (SSSR count). The Morgan fingerprint density at radius 1 is 1.25 bits per heavy atom. The van der Waals surface area contributed by atoms with E-state index in [1.54, 1.807) is 11.3 Å². The highest BCUT2D eigenvalue weighted by Gasteiger charge is 2.43. The first-order chi connectivity index (χ1) is 11.5.